The molecule has 2 rings (SSSR count). The molecule has 2 nitrogen and oxygen atoms in total. The van der Waals surface area contributed by atoms with E-state index in [1.807, 2.05) is 6.07 Å². The molecule has 2 heteroatoms. The third-order valence-corrected chi connectivity index (χ3v) is 3.07. The van der Waals surface area contributed by atoms with Crippen molar-refractivity contribution >= 4 is 5.69 Å². The smallest absolute Gasteiger partial charge is 0.0426 e. The summed E-state index contributed by atoms with van der Waals surface area (Å²) >= 11 is 0. The molecule has 0 amide bonds. The highest BCUT2D eigenvalue weighted by molar-refractivity contribution is 5.45. The van der Waals surface area contributed by atoms with E-state index < -0.39 is 0 Å². The second kappa shape index (κ2) is 6.22. The molecule has 0 bridgehead atoms. The van der Waals surface area contributed by atoms with Gasteiger partial charge in [-0.3, -0.25) is 0 Å². The number of para-hydroxylation sites is 1. The van der Waals surface area contributed by atoms with Crippen molar-refractivity contribution in [2.45, 2.75) is 13.0 Å². The molecule has 2 aromatic carbocycles. The molecule has 2 N–H and O–H groups in total. The minimum absolute atomic E-state index is 0.712. The molecule has 0 aliphatic carbocycles. The molecule has 0 radical (unpaired) electrons. The molecule has 0 spiro atoms. The molecule has 0 saturated carbocycles. The molecule has 0 fully saturated rings. The van der Waals surface area contributed by atoms with Crippen LogP contribution in [0, 0.1) is 0 Å². The summed E-state index contributed by atoms with van der Waals surface area (Å²) in [6, 6.07) is 19.1. The lowest BCUT2D eigenvalue weighted by molar-refractivity contribution is 0.917. The lowest BCUT2D eigenvalue weighted by Gasteiger charge is -2.19. The van der Waals surface area contributed by atoms with Gasteiger partial charge in [-0.1, -0.05) is 42.5 Å². The molecule has 2 aromatic rings. The van der Waals surface area contributed by atoms with Crippen molar-refractivity contribution in [1.82, 2.24) is 0 Å². The van der Waals surface area contributed by atoms with Crippen molar-refractivity contribution in [3.8, 4) is 0 Å². The highest BCUT2D eigenvalue weighted by atomic mass is 15.1. The molecule has 94 valence electrons. The summed E-state index contributed by atoms with van der Waals surface area (Å²) in [6.45, 7) is 1.64. The minimum atomic E-state index is 0.712. The van der Waals surface area contributed by atoms with E-state index >= 15 is 0 Å². The zero-order chi connectivity index (χ0) is 12.8. The quantitative estimate of drug-likeness (QED) is 0.870. The standard InChI is InChI=1S/C16H20N2/c1-18(16-5-3-2-4-6-16)13-15-9-7-14(8-10-15)11-12-17/h2-10H,11-13,17H2,1H3. The largest absolute Gasteiger partial charge is 0.370 e. The third kappa shape index (κ3) is 3.34. The first-order valence-electron chi connectivity index (χ1n) is 6.33. The van der Waals surface area contributed by atoms with Crippen LogP contribution in [0.1, 0.15) is 11.1 Å². The Hall–Kier alpha value is -1.80. The van der Waals surface area contributed by atoms with Gasteiger partial charge in [-0.05, 0) is 36.2 Å². The maximum absolute atomic E-state index is 5.55. The van der Waals surface area contributed by atoms with Crippen molar-refractivity contribution in [1.29, 1.82) is 0 Å². The first-order valence-corrected chi connectivity index (χ1v) is 6.33. The molecule has 0 atom stereocenters. The van der Waals surface area contributed by atoms with Gasteiger partial charge in [0.05, 0.1) is 0 Å². The van der Waals surface area contributed by atoms with Crippen LogP contribution in [0.25, 0.3) is 0 Å². The average molecular weight is 240 g/mol. The predicted molar refractivity (Wildman–Crippen MR) is 77.7 cm³/mol. The van der Waals surface area contributed by atoms with E-state index in [9.17, 15) is 0 Å². The van der Waals surface area contributed by atoms with E-state index in [-0.39, 0.29) is 0 Å². The van der Waals surface area contributed by atoms with Gasteiger partial charge in [-0.2, -0.15) is 0 Å². The predicted octanol–water partition coefficient (Wildman–Crippen LogP) is 2.82. The normalized spacial score (nSPS) is 10.3. The number of anilines is 1. The Morgan fingerprint density at radius 2 is 1.50 bits per heavy atom. The van der Waals surface area contributed by atoms with Gasteiger partial charge in [0, 0.05) is 19.3 Å². The zero-order valence-electron chi connectivity index (χ0n) is 10.8. The Labute approximate surface area is 109 Å². The molecular formula is C16H20N2. The second-order valence-electron chi connectivity index (χ2n) is 4.55. The Morgan fingerprint density at radius 3 is 2.11 bits per heavy atom. The molecule has 0 heterocycles. The summed E-state index contributed by atoms with van der Waals surface area (Å²) < 4.78 is 0. The Balaban J connectivity index is 2.01. The molecule has 0 saturated heterocycles. The maximum atomic E-state index is 5.55. The van der Waals surface area contributed by atoms with Crippen LogP contribution >= 0.6 is 0 Å². The highest BCUT2D eigenvalue weighted by Crippen LogP contribution is 2.15. The van der Waals surface area contributed by atoms with Gasteiger partial charge in [-0.15, -0.1) is 0 Å². The van der Waals surface area contributed by atoms with Gasteiger partial charge in [0.25, 0.3) is 0 Å². The van der Waals surface area contributed by atoms with Crippen LogP contribution in [0.15, 0.2) is 54.6 Å². The number of nitrogens with two attached hydrogens (primary N) is 1. The maximum Gasteiger partial charge on any atom is 0.0426 e. The van der Waals surface area contributed by atoms with Gasteiger partial charge in [0.2, 0.25) is 0 Å². The summed E-state index contributed by atoms with van der Waals surface area (Å²) in [4.78, 5) is 2.25. The van der Waals surface area contributed by atoms with Crippen molar-refractivity contribution < 1.29 is 0 Å². The molecule has 0 aliphatic rings. The van der Waals surface area contributed by atoms with Crippen LogP contribution in [-0.2, 0) is 13.0 Å². The van der Waals surface area contributed by atoms with E-state index in [1.54, 1.807) is 0 Å². The Morgan fingerprint density at radius 1 is 0.889 bits per heavy atom. The summed E-state index contributed by atoms with van der Waals surface area (Å²) in [5.74, 6) is 0. The topological polar surface area (TPSA) is 29.3 Å². The molecule has 0 aromatic heterocycles. The summed E-state index contributed by atoms with van der Waals surface area (Å²) in [6.07, 6.45) is 0.953. The first kappa shape index (κ1) is 12.7. The minimum Gasteiger partial charge on any atom is -0.370 e. The Kier molecular flexibility index (Phi) is 4.37. The van der Waals surface area contributed by atoms with Gasteiger partial charge in [-0.25, -0.2) is 0 Å². The Bertz CT molecular complexity index is 462. The van der Waals surface area contributed by atoms with Crippen LogP contribution in [0.4, 0.5) is 5.69 Å². The fourth-order valence-electron chi connectivity index (χ4n) is 2.03. The number of rotatable bonds is 5. The van der Waals surface area contributed by atoms with Crippen molar-refractivity contribution in [2.24, 2.45) is 5.73 Å². The van der Waals surface area contributed by atoms with Gasteiger partial charge >= 0.3 is 0 Å². The van der Waals surface area contributed by atoms with Gasteiger partial charge < -0.3 is 10.6 Å². The molecule has 0 unspecified atom stereocenters. The van der Waals surface area contributed by atoms with E-state index in [0.717, 1.165) is 13.0 Å². The van der Waals surface area contributed by atoms with Crippen LogP contribution in [0.5, 0.6) is 0 Å². The first-order chi connectivity index (χ1) is 8.79. The SMILES string of the molecule is CN(Cc1ccc(CCN)cc1)c1ccccc1. The van der Waals surface area contributed by atoms with E-state index in [2.05, 4.69) is 60.5 Å². The lowest BCUT2D eigenvalue weighted by Crippen LogP contribution is -2.16. The molecule has 0 aliphatic heterocycles. The fourth-order valence-corrected chi connectivity index (χ4v) is 2.03. The van der Waals surface area contributed by atoms with Crippen LogP contribution < -0.4 is 10.6 Å². The second-order valence-corrected chi connectivity index (χ2v) is 4.55. The monoisotopic (exact) mass is 240 g/mol. The van der Waals surface area contributed by atoms with Gasteiger partial charge in [0.15, 0.2) is 0 Å². The highest BCUT2D eigenvalue weighted by Gasteiger charge is 2.01. The van der Waals surface area contributed by atoms with Crippen LogP contribution in [0.3, 0.4) is 0 Å². The van der Waals surface area contributed by atoms with E-state index in [1.165, 1.54) is 16.8 Å². The number of nitrogens with zero attached hydrogens (tertiary/aromatic N) is 1. The lowest BCUT2D eigenvalue weighted by atomic mass is 10.1. The van der Waals surface area contributed by atoms with Crippen molar-refractivity contribution in [3.63, 3.8) is 0 Å². The van der Waals surface area contributed by atoms with Crippen LogP contribution in [0.2, 0.25) is 0 Å². The van der Waals surface area contributed by atoms with Crippen molar-refractivity contribution in [3.05, 3.63) is 65.7 Å². The summed E-state index contributed by atoms with van der Waals surface area (Å²) in [7, 11) is 2.11. The van der Waals surface area contributed by atoms with Gasteiger partial charge in [0.1, 0.15) is 0 Å². The molecular weight excluding hydrogens is 220 g/mol. The average Bonchev–Trinajstić information content (AvgIpc) is 2.42. The summed E-state index contributed by atoms with van der Waals surface area (Å²) in [5.41, 5.74) is 9.42. The van der Waals surface area contributed by atoms with Crippen LogP contribution in [-0.4, -0.2) is 13.6 Å². The third-order valence-electron chi connectivity index (χ3n) is 3.07. The summed E-state index contributed by atoms with van der Waals surface area (Å²) in [5, 5.41) is 0. The zero-order valence-corrected chi connectivity index (χ0v) is 10.8. The number of hydrogen-bond donors (Lipinski definition) is 1. The number of benzene rings is 2. The number of hydrogen-bond acceptors (Lipinski definition) is 2. The van der Waals surface area contributed by atoms with Crippen molar-refractivity contribution in [2.75, 3.05) is 18.5 Å². The van der Waals surface area contributed by atoms with E-state index in [0.29, 0.717) is 6.54 Å². The fraction of sp³-hybridized carbons (Fsp3) is 0.250. The molecule has 18 heavy (non-hydrogen) atoms. The van der Waals surface area contributed by atoms with E-state index in [4.69, 9.17) is 5.73 Å².